The van der Waals surface area contributed by atoms with Crippen molar-refractivity contribution in [2.45, 2.75) is 0 Å². The summed E-state index contributed by atoms with van der Waals surface area (Å²) in [6.45, 7) is 0. The third kappa shape index (κ3) is 3.31. The molecule has 0 radical (unpaired) electrons. The lowest BCUT2D eigenvalue weighted by molar-refractivity contribution is 0.899. The lowest BCUT2D eigenvalue weighted by Crippen LogP contribution is -2.05. The first kappa shape index (κ1) is 14.2. The van der Waals surface area contributed by atoms with Gasteiger partial charge in [-0.1, -0.05) is 27.5 Å². The van der Waals surface area contributed by atoms with Crippen molar-refractivity contribution in [1.82, 2.24) is 24.5 Å². The van der Waals surface area contributed by atoms with Gasteiger partial charge in [0.05, 0.1) is 10.7 Å². The summed E-state index contributed by atoms with van der Waals surface area (Å²) in [7, 11) is 0. The quantitative estimate of drug-likeness (QED) is 0.741. The Labute approximate surface area is 138 Å². The van der Waals surface area contributed by atoms with Crippen LogP contribution in [0.3, 0.4) is 0 Å². The number of nitrogens with one attached hydrogen (secondary N) is 1. The van der Waals surface area contributed by atoms with Crippen LogP contribution in [0.5, 0.6) is 0 Å². The maximum atomic E-state index is 6.15. The van der Waals surface area contributed by atoms with Crippen LogP contribution >= 0.6 is 39.1 Å². The van der Waals surface area contributed by atoms with Crippen molar-refractivity contribution in [1.29, 1.82) is 0 Å². The van der Waals surface area contributed by atoms with E-state index in [1.807, 2.05) is 6.07 Å². The van der Waals surface area contributed by atoms with Gasteiger partial charge in [0.15, 0.2) is 0 Å². The van der Waals surface area contributed by atoms with Gasteiger partial charge in [-0.2, -0.15) is 15.0 Å². The monoisotopic (exact) mass is 384 g/mol. The number of halogens is 3. The van der Waals surface area contributed by atoms with E-state index in [9.17, 15) is 0 Å². The molecule has 0 saturated carbocycles. The van der Waals surface area contributed by atoms with Gasteiger partial charge in [-0.3, -0.25) is 4.57 Å². The molecule has 1 N–H and O–H groups in total. The SMILES string of the molecule is Clc1nc(Nc2ccc(Br)cc2Cl)nc(-n2ccnc2)n1. The van der Waals surface area contributed by atoms with E-state index in [4.69, 9.17) is 23.2 Å². The molecule has 0 aliphatic heterocycles. The Bertz CT molecular complexity index is 777. The number of nitrogens with zero attached hydrogens (tertiary/aromatic N) is 5. The van der Waals surface area contributed by atoms with Crippen LogP contribution in [0.15, 0.2) is 41.4 Å². The molecule has 0 saturated heterocycles. The fourth-order valence-corrected chi connectivity index (χ4v) is 2.48. The lowest BCUT2D eigenvalue weighted by Gasteiger charge is -2.08. The number of hydrogen-bond donors (Lipinski definition) is 1. The number of rotatable bonds is 3. The van der Waals surface area contributed by atoms with Gasteiger partial charge in [0.25, 0.3) is 0 Å². The minimum absolute atomic E-state index is 0.0736. The van der Waals surface area contributed by atoms with Crippen molar-refractivity contribution < 1.29 is 0 Å². The summed E-state index contributed by atoms with van der Waals surface area (Å²) in [5.41, 5.74) is 0.665. The van der Waals surface area contributed by atoms with Crippen molar-refractivity contribution in [2.24, 2.45) is 0 Å². The highest BCUT2D eigenvalue weighted by molar-refractivity contribution is 9.10. The zero-order chi connectivity index (χ0) is 14.8. The second kappa shape index (κ2) is 5.97. The van der Waals surface area contributed by atoms with E-state index in [2.05, 4.69) is 41.2 Å². The van der Waals surface area contributed by atoms with Crippen LogP contribution in [0, 0.1) is 0 Å². The minimum atomic E-state index is 0.0736. The van der Waals surface area contributed by atoms with E-state index < -0.39 is 0 Å². The molecule has 0 amide bonds. The molecule has 0 spiro atoms. The first-order valence-electron chi connectivity index (χ1n) is 5.74. The summed E-state index contributed by atoms with van der Waals surface area (Å²) in [4.78, 5) is 16.3. The molecule has 2 aromatic heterocycles. The summed E-state index contributed by atoms with van der Waals surface area (Å²) in [6, 6.07) is 5.43. The summed E-state index contributed by atoms with van der Waals surface area (Å²) < 4.78 is 2.51. The molecule has 9 heteroatoms. The second-order valence-electron chi connectivity index (χ2n) is 3.95. The van der Waals surface area contributed by atoms with Crippen molar-refractivity contribution in [3.8, 4) is 5.95 Å². The molecule has 0 fully saturated rings. The van der Waals surface area contributed by atoms with Crippen LogP contribution in [0.4, 0.5) is 11.6 Å². The first-order chi connectivity index (χ1) is 10.1. The van der Waals surface area contributed by atoms with Crippen LogP contribution in [0.2, 0.25) is 10.3 Å². The van der Waals surface area contributed by atoms with Crippen molar-refractivity contribution in [3.05, 3.63) is 51.7 Å². The highest BCUT2D eigenvalue weighted by Gasteiger charge is 2.09. The zero-order valence-electron chi connectivity index (χ0n) is 10.3. The molecule has 3 rings (SSSR count). The van der Waals surface area contributed by atoms with Gasteiger partial charge in [-0.05, 0) is 29.8 Å². The molecule has 0 bridgehead atoms. The molecule has 0 aliphatic carbocycles. The average Bonchev–Trinajstić information content (AvgIpc) is 2.95. The largest absolute Gasteiger partial charge is 0.323 e. The van der Waals surface area contributed by atoms with Crippen molar-refractivity contribution in [2.75, 3.05) is 5.32 Å². The number of hydrogen-bond acceptors (Lipinski definition) is 5. The molecule has 1 aromatic carbocycles. The van der Waals surface area contributed by atoms with E-state index in [1.165, 1.54) is 0 Å². The highest BCUT2D eigenvalue weighted by Crippen LogP contribution is 2.27. The average molecular weight is 386 g/mol. The highest BCUT2D eigenvalue weighted by atomic mass is 79.9. The number of aromatic nitrogens is 5. The van der Waals surface area contributed by atoms with E-state index in [1.54, 1.807) is 35.4 Å². The molecular formula is C12H7BrCl2N6. The fraction of sp³-hybridized carbons (Fsp3) is 0. The Morgan fingerprint density at radius 2 is 2.00 bits per heavy atom. The van der Waals surface area contributed by atoms with E-state index >= 15 is 0 Å². The third-order valence-electron chi connectivity index (χ3n) is 2.51. The Hall–Kier alpha value is -1.70. The van der Waals surface area contributed by atoms with Gasteiger partial charge in [0, 0.05) is 16.9 Å². The van der Waals surface area contributed by atoms with Crippen LogP contribution in [-0.2, 0) is 0 Å². The molecule has 0 aliphatic rings. The van der Waals surface area contributed by atoms with Crippen LogP contribution in [-0.4, -0.2) is 24.5 Å². The molecule has 2 heterocycles. The first-order valence-corrected chi connectivity index (χ1v) is 7.29. The maximum Gasteiger partial charge on any atom is 0.241 e. The maximum absolute atomic E-state index is 6.15. The molecular weight excluding hydrogens is 379 g/mol. The van der Waals surface area contributed by atoms with E-state index in [0.717, 1.165) is 4.47 Å². The van der Waals surface area contributed by atoms with Crippen LogP contribution in [0.1, 0.15) is 0 Å². The number of anilines is 2. The predicted octanol–water partition coefficient (Wildman–Crippen LogP) is 3.87. The topological polar surface area (TPSA) is 68.5 Å². The Morgan fingerprint density at radius 1 is 1.14 bits per heavy atom. The van der Waals surface area contributed by atoms with Crippen LogP contribution < -0.4 is 5.32 Å². The normalized spacial score (nSPS) is 10.6. The van der Waals surface area contributed by atoms with Gasteiger partial charge < -0.3 is 5.32 Å². The van der Waals surface area contributed by atoms with E-state index in [-0.39, 0.29) is 5.28 Å². The second-order valence-corrected chi connectivity index (χ2v) is 5.61. The summed E-state index contributed by atoms with van der Waals surface area (Å²) in [5, 5.41) is 3.62. The van der Waals surface area contributed by atoms with Gasteiger partial charge in [-0.15, -0.1) is 0 Å². The molecule has 6 nitrogen and oxygen atoms in total. The summed E-state index contributed by atoms with van der Waals surface area (Å²) >= 11 is 15.4. The van der Waals surface area contributed by atoms with Gasteiger partial charge in [-0.25, -0.2) is 4.98 Å². The van der Waals surface area contributed by atoms with Crippen LogP contribution in [0.25, 0.3) is 5.95 Å². The molecule has 0 atom stereocenters. The Balaban J connectivity index is 1.95. The van der Waals surface area contributed by atoms with Crippen molar-refractivity contribution in [3.63, 3.8) is 0 Å². The molecule has 21 heavy (non-hydrogen) atoms. The van der Waals surface area contributed by atoms with Gasteiger partial charge in [0.2, 0.25) is 17.2 Å². The fourth-order valence-electron chi connectivity index (χ4n) is 1.60. The molecule has 0 unspecified atom stereocenters. The predicted molar refractivity (Wildman–Crippen MR) is 84.4 cm³/mol. The molecule has 106 valence electrons. The minimum Gasteiger partial charge on any atom is -0.323 e. The molecule has 3 aromatic rings. The standard InChI is InChI=1S/C12H7BrCl2N6/c13-7-1-2-9(8(14)5-7)17-11-18-10(15)19-12(20-11)21-4-3-16-6-21/h1-6H,(H,17,18,19,20). The summed E-state index contributed by atoms with van der Waals surface area (Å²) in [5.74, 6) is 0.658. The zero-order valence-corrected chi connectivity index (χ0v) is 13.4. The van der Waals surface area contributed by atoms with Crippen molar-refractivity contribution >= 4 is 50.8 Å². The third-order valence-corrected chi connectivity index (χ3v) is 3.48. The Kier molecular flexibility index (Phi) is 4.05. The smallest absolute Gasteiger partial charge is 0.241 e. The van der Waals surface area contributed by atoms with Gasteiger partial charge in [0.1, 0.15) is 6.33 Å². The lowest BCUT2D eigenvalue weighted by atomic mass is 10.3. The number of benzene rings is 1. The Morgan fingerprint density at radius 3 is 2.71 bits per heavy atom. The number of imidazole rings is 1. The van der Waals surface area contributed by atoms with E-state index in [0.29, 0.717) is 22.6 Å². The summed E-state index contributed by atoms with van der Waals surface area (Å²) in [6.07, 6.45) is 4.90. The van der Waals surface area contributed by atoms with Gasteiger partial charge >= 0.3 is 0 Å².